The van der Waals surface area contributed by atoms with Crippen LogP contribution in [0, 0.1) is 0 Å². The van der Waals surface area contributed by atoms with Crippen molar-refractivity contribution in [2.24, 2.45) is 0 Å². The molecule has 0 aromatic heterocycles. The van der Waals surface area contributed by atoms with Crippen LogP contribution in [0.25, 0.3) is 0 Å². The first-order chi connectivity index (χ1) is 7.68. The minimum atomic E-state index is -0.0191. The molecular weight excluding hydrogens is 315 g/mol. The maximum absolute atomic E-state index is 5.96. The summed E-state index contributed by atoms with van der Waals surface area (Å²) in [4.78, 5) is 0. The molecule has 0 aliphatic heterocycles. The SMILES string of the molecule is CCCCC(C)(C/C=C\I)OCCOCC. The second-order valence-electron chi connectivity index (χ2n) is 4.16. The van der Waals surface area contributed by atoms with Gasteiger partial charge in [0.2, 0.25) is 0 Å². The Bertz CT molecular complexity index is 183. The van der Waals surface area contributed by atoms with E-state index < -0.39 is 0 Å². The molecule has 0 rings (SSSR count). The summed E-state index contributed by atoms with van der Waals surface area (Å²) in [6.45, 7) is 8.59. The van der Waals surface area contributed by atoms with Crippen LogP contribution in [0.4, 0.5) is 0 Å². The lowest BCUT2D eigenvalue weighted by Gasteiger charge is -2.29. The van der Waals surface area contributed by atoms with Crippen LogP contribution in [0.5, 0.6) is 0 Å². The quantitative estimate of drug-likeness (QED) is 0.435. The van der Waals surface area contributed by atoms with Gasteiger partial charge in [0.05, 0.1) is 18.8 Å². The average Bonchev–Trinajstić information content (AvgIpc) is 2.30. The number of halogens is 1. The van der Waals surface area contributed by atoms with Gasteiger partial charge in [0, 0.05) is 6.61 Å². The van der Waals surface area contributed by atoms with Crippen molar-refractivity contribution >= 4 is 22.6 Å². The molecule has 0 heterocycles. The molecule has 0 saturated heterocycles. The van der Waals surface area contributed by atoms with E-state index in [1.54, 1.807) is 0 Å². The molecule has 2 nitrogen and oxygen atoms in total. The molecule has 1 unspecified atom stereocenters. The van der Waals surface area contributed by atoms with E-state index in [0.717, 1.165) is 19.4 Å². The molecule has 3 heteroatoms. The van der Waals surface area contributed by atoms with Crippen molar-refractivity contribution in [2.75, 3.05) is 19.8 Å². The second-order valence-corrected chi connectivity index (χ2v) is 4.88. The zero-order valence-corrected chi connectivity index (χ0v) is 13.0. The van der Waals surface area contributed by atoms with Gasteiger partial charge in [0.25, 0.3) is 0 Å². The summed E-state index contributed by atoms with van der Waals surface area (Å²) in [7, 11) is 0. The minimum absolute atomic E-state index is 0.0191. The molecule has 0 aromatic carbocycles. The molecule has 0 bridgehead atoms. The van der Waals surface area contributed by atoms with Gasteiger partial charge in [-0.25, -0.2) is 0 Å². The van der Waals surface area contributed by atoms with Crippen molar-refractivity contribution in [3.63, 3.8) is 0 Å². The van der Waals surface area contributed by atoms with Gasteiger partial charge in [-0.1, -0.05) is 48.4 Å². The van der Waals surface area contributed by atoms with E-state index in [0.29, 0.717) is 13.2 Å². The van der Waals surface area contributed by atoms with Gasteiger partial charge in [0.1, 0.15) is 0 Å². The van der Waals surface area contributed by atoms with E-state index in [1.807, 2.05) is 6.92 Å². The Kier molecular flexibility index (Phi) is 10.8. The van der Waals surface area contributed by atoms with Crippen molar-refractivity contribution in [1.29, 1.82) is 0 Å². The van der Waals surface area contributed by atoms with Crippen LogP contribution in [-0.2, 0) is 9.47 Å². The smallest absolute Gasteiger partial charge is 0.0708 e. The Hall–Kier alpha value is 0.390. The van der Waals surface area contributed by atoms with E-state index in [-0.39, 0.29) is 5.60 Å². The molecule has 0 amide bonds. The lowest BCUT2D eigenvalue weighted by Crippen LogP contribution is -2.29. The molecule has 0 aliphatic carbocycles. The third-order valence-corrected chi connectivity index (χ3v) is 3.09. The van der Waals surface area contributed by atoms with Gasteiger partial charge < -0.3 is 9.47 Å². The first kappa shape index (κ1) is 16.4. The highest BCUT2D eigenvalue weighted by Crippen LogP contribution is 2.23. The zero-order chi connectivity index (χ0) is 12.3. The highest BCUT2D eigenvalue weighted by molar-refractivity contribution is 14.1. The molecule has 96 valence electrons. The highest BCUT2D eigenvalue weighted by Gasteiger charge is 2.22. The van der Waals surface area contributed by atoms with E-state index in [2.05, 4.69) is 46.6 Å². The third kappa shape index (κ3) is 8.53. The standard InChI is InChI=1S/C13H25IO2/c1-4-6-8-13(3,9-7-10-14)16-12-11-15-5-2/h7,10H,4-6,8-9,11-12H2,1-3H3/b10-7-. The summed E-state index contributed by atoms with van der Waals surface area (Å²) in [5.74, 6) is 0. The van der Waals surface area contributed by atoms with Gasteiger partial charge in [-0.05, 0) is 30.8 Å². The third-order valence-electron chi connectivity index (χ3n) is 2.58. The highest BCUT2D eigenvalue weighted by atomic mass is 127. The molecule has 0 fully saturated rings. The van der Waals surface area contributed by atoms with Crippen LogP contribution in [0.3, 0.4) is 0 Å². The zero-order valence-electron chi connectivity index (χ0n) is 10.8. The summed E-state index contributed by atoms with van der Waals surface area (Å²) in [6, 6.07) is 0. The van der Waals surface area contributed by atoms with Crippen molar-refractivity contribution in [1.82, 2.24) is 0 Å². The lowest BCUT2D eigenvalue weighted by molar-refractivity contribution is -0.0595. The van der Waals surface area contributed by atoms with Crippen molar-refractivity contribution < 1.29 is 9.47 Å². The van der Waals surface area contributed by atoms with Gasteiger partial charge in [-0.15, -0.1) is 0 Å². The first-order valence-electron chi connectivity index (χ1n) is 6.15. The minimum Gasteiger partial charge on any atom is -0.379 e. The molecule has 0 spiro atoms. The summed E-state index contributed by atoms with van der Waals surface area (Å²) in [5.41, 5.74) is -0.0191. The largest absolute Gasteiger partial charge is 0.379 e. The summed E-state index contributed by atoms with van der Waals surface area (Å²) >= 11 is 2.26. The first-order valence-corrected chi connectivity index (χ1v) is 7.40. The number of hydrogen-bond acceptors (Lipinski definition) is 2. The predicted molar refractivity (Wildman–Crippen MR) is 78.2 cm³/mol. The molecule has 0 aliphatic rings. The molecular formula is C13H25IO2. The van der Waals surface area contributed by atoms with Crippen LogP contribution >= 0.6 is 22.6 Å². The monoisotopic (exact) mass is 340 g/mol. The average molecular weight is 340 g/mol. The van der Waals surface area contributed by atoms with E-state index in [9.17, 15) is 0 Å². The Balaban J connectivity index is 3.96. The Labute approximate surface area is 114 Å². The fourth-order valence-electron chi connectivity index (χ4n) is 1.57. The predicted octanol–water partition coefficient (Wildman–Crippen LogP) is 4.33. The van der Waals surface area contributed by atoms with Crippen LogP contribution in [0.2, 0.25) is 0 Å². The van der Waals surface area contributed by atoms with Crippen LogP contribution in [0.1, 0.15) is 46.5 Å². The Morgan fingerprint density at radius 1 is 1.25 bits per heavy atom. The Morgan fingerprint density at radius 3 is 2.56 bits per heavy atom. The van der Waals surface area contributed by atoms with Gasteiger partial charge >= 0.3 is 0 Å². The number of ether oxygens (including phenoxy) is 2. The Morgan fingerprint density at radius 2 is 2.00 bits per heavy atom. The molecule has 0 aromatic rings. The lowest BCUT2D eigenvalue weighted by atomic mass is 9.95. The summed E-state index contributed by atoms with van der Waals surface area (Å²) < 4.78 is 13.3. The van der Waals surface area contributed by atoms with E-state index in [1.165, 1.54) is 12.8 Å². The fraction of sp³-hybridized carbons (Fsp3) is 0.846. The number of rotatable bonds is 10. The van der Waals surface area contributed by atoms with Crippen LogP contribution < -0.4 is 0 Å². The maximum Gasteiger partial charge on any atom is 0.0708 e. The number of unbranched alkanes of at least 4 members (excludes halogenated alkanes) is 1. The molecule has 0 N–H and O–H groups in total. The molecule has 0 radical (unpaired) electrons. The van der Waals surface area contributed by atoms with Gasteiger partial charge in [-0.3, -0.25) is 0 Å². The van der Waals surface area contributed by atoms with E-state index in [4.69, 9.17) is 9.47 Å². The molecule has 16 heavy (non-hydrogen) atoms. The van der Waals surface area contributed by atoms with Crippen LogP contribution in [-0.4, -0.2) is 25.4 Å². The number of hydrogen-bond donors (Lipinski definition) is 0. The summed E-state index contributed by atoms with van der Waals surface area (Å²) in [5, 5.41) is 0. The van der Waals surface area contributed by atoms with Gasteiger partial charge in [0.15, 0.2) is 0 Å². The van der Waals surface area contributed by atoms with E-state index >= 15 is 0 Å². The van der Waals surface area contributed by atoms with Crippen molar-refractivity contribution in [2.45, 2.75) is 52.1 Å². The maximum atomic E-state index is 5.96. The van der Waals surface area contributed by atoms with Crippen molar-refractivity contribution in [3.8, 4) is 0 Å². The van der Waals surface area contributed by atoms with Crippen molar-refractivity contribution in [3.05, 3.63) is 10.2 Å². The molecule has 0 saturated carbocycles. The normalized spacial score (nSPS) is 15.5. The fourth-order valence-corrected chi connectivity index (χ4v) is 1.82. The second kappa shape index (κ2) is 10.5. The van der Waals surface area contributed by atoms with Crippen LogP contribution in [0.15, 0.2) is 10.2 Å². The summed E-state index contributed by atoms with van der Waals surface area (Å²) in [6.07, 6.45) is 6.73. The molecule has 1 atom stereocenters. The topological polar surface area (TPSA) is 18.5 Å². The van der Waals surface area contributed by atoms with Gasteiger partial charge in [-0.2, -0.15) is 0 Å².